The normalized spacial score (nSPS) is 11.9. The molecule has 0 amide bonds. The van der Waals surface area contributed by atoms with E-state index in [2.05, 4.69) is 33.4 Å². The highest BCUT2D eigenvalue weighted by atomic mass is 32.1. The lowest BCUT2D eigenvalue weighted by Crippen LogP contribution is -2.29. The lowest BCUT2D eigenvalue weighted by atomic mass is 9.72. The Morgan fingerprint density at radius 3 is 1.03 bits per heavy atom. The smallest absolute Gasteiger partial charge is 0.186 e. The summed E-state index contributed by atoms with van der Waals surface area (Å²) in [6.45, 7) is 7.91. The summed E-state index contributed by atoms with van der Waals surface area (Å²) in [6, 6.07) is 0. The molecule has 0 aliphatic heterocycles. The number of aliphatic hydroxyl groups is 3. The van der Waals surface area contributed by atoms with Gasteiger partial charge in [-0.25, -0.2) is 0 Å². The second-order valence-corrected chi connectivity index (χ2v) is 12.4. The lowest BCUT2D eigenvalue weighted by molar-refractivity contribution is -0.113. The fourth-order valence-electron chi connectivity index (χ4n) is 4.95. The van der Waals surface area contributed by atoms with E-state index in [0.717, 1.165) is 0 Å². The molecular formula is C32H66O4S. The minimum Gasteiger partial charge on any atom is -0.396 e. The number of carbonyl (C=O) groups excluding carboxylic acids is 1. The number of thiol groups is 1. The Morgan fingerprint density at radius 2 is 0.811 bits per heavy atom. The molecule has 0 aromatic rings. The molecule has 0 radical (unpaired) electrons. The first kappa shape index (κ1) is 39.0. The van der Waals surface area contributed by atoms with Gasteiger partial charge in [-0.2, -0.15) is 0 Å². The number of carbonyl (C=O) groups is 1. The third-order valence-electron chi connectivity index (χ3n) is 7.85. The lowest BCUT2D eigenvalue weighted by Gasteiger charge is -2.34. The van der Waals surface area contributed by atoms with Crippen LogP contribution in [-0.2, 0) is 4.79 Å². The van der Waals surface area contributed by atoms with Crippen LogP contribution in [0, 0.1) is 10.8 Å². The monoisotopic (exact) mass is 546 g/mol. The minimum atomic E-state index is -0.708. The highest BCUT2D eigenvalue weighted by Gasteiger charge is 2.30. The molecule has 0 rings (SSSR count). The second-order valence-electron chi connectivity index (χ2n) is 11.9. The van der Waals surface area contributed by atoms with Crippen molar-refractivity contribution in [3.63, 3.8) is 0 Å². The van der Waals surface area contributed by atoms with E-state index in [0.29, 0.717) is 6.42 Å². The number of unbranched alkanes of at least 4 members (excludes halogenated alkanes) is 15. The fourth-order valence-corrected chi connectivity index (χ4v) is 5.29. The van der Waals surface area contributed by atoms with Gasteiger partial charge in [-0.1, -0.05) is 143 Å². The summed E-state index contributed by atoms with van der Waals surface area (Å²) in [5.41, 5.74) is -0.473. The molecule has 0 fully saturated rings. The van der Waals surface area contributed by atoms with Crippen LogP contribution in [0.3, 0.4) is 0 Å². The van der Waals surface area contributed by atoms with Crippen molar-refractivity contribution >= 4 is 17.7 Å². The van der Waals surface area contributed by atoms with E-state index in [1.54, 1.807) is 6.92 Å². The number of rotatable bonds is 26. The predicted octanol–water partition coefficient (Wildman–Crippen LogP) is 9.04. The Balaban J connectivity index is 0. The van der Waals surface area contributed by atoms with Gasteiger partial charge >= 0.3 is 0 Å². The highest BCUT2D eigenvalue weighted by Crippen LogP contribution is 2.41. The molecular weight excluding hydrogens is 480 g/mol. The molecule has 4 nitrogen and oxygen atoms in total. The third-order valence-corrected chi connectivity index (χ3v) is 8.01. The predicted molar refractivity (Wildman–Crippen MR) is 164 cm³/mol. The Morgan fingerprint density at radius 1 is 0.541 bits per heavy atom. The molecule has 37 heavy (non-hydrogen) atoms. The average Bonchev–Trinajstić information content (AvgIpc) is 2.89. The van der Waals surface area contributed by atoms with E-state index in [1.165, 1.54) is 135 Å². The van der Waals surface area contributed by atoms with Gasteiger partial charge in [0.25, 0.3) is 0 Å². The van der Waals surface area contributed by atoms with Gasteiger partial charge in [-0.15, -0.1) is 12.6 Å². The van der Waals surface area contributed by atoms with E-state index >= 15 is 0 Å². The molecule has 5 heteroatoms. The van der Waals surface area contributed by atoms with Crippen LogP contribution in [0.15, 0.2) is 0 Å². The first-order valence-corrected chi connectivity index (χ1v) is 16.3. The molecule has 0 saturated carbocycles. The summed E-state index contributed by atoms with van der Waals surface area (Å²) in [5.74, 6) is 0. The molecule has 0 atom stereocenters. The highest BCUT2D eigenvalue weighted by molar-refractivity contribution is 7.96. The van der Waals surface area contributed by atoms with Gasteiger partial charge in [0.2, 0.25) is 0 Å². The van der Waals surface area contributed by atoms with Crippen molar-refractivity contribution in [3.05, 3.63) is 0 Å². The molecule has 0 heterocycles. The van der Waals surface area contributed by atoms with Crippen molar-refractivity contribution in [3.8, 4) is 0 Å². The van der Waals surface area contributed by atoms with Gasteiger partial charge in [-0.3, -0.25) is 4.79 Å². The molecule has 0 saturated heterocycles. The number of hydrogen-bond acceptors (Lipinski definition) is 4. The molecule has 0 spiro atoms. The van der Waals surface area contributed by atoms with Crippen molar-refractivity contribution in [1.82, 2.24) is 0 Å². The zero-order valence-corrected chi connectivity index (χ0v) is 26.3. The van der Waals surface area contributed by atoms with Gasteiger partial charge in [0.15, 0.2) is 5.12 Å². The van der Waals surface area contributed by atoms with Gasteiger partial charge in [0.1, 0.15) is 0 Å². The Kier molecular flexibility index (Phi) is 29.0. The first-order valence-electron chi connectivity index (χ1n) is 15.8. The van der Waals surface area contributed by atoms with Crippen molar-refractivity contribution in [2.45, 2.75) is 169 Å². The van der Waals surface area contributed by atoms with Gasteiger partial charge in [0, 0.05) is 11.8 Å². The van der Waals surface area contributed by atoms with Crippen LogP contribution in [0.4, 0.5) is 0 Å². The number of hydrogen-bond donors (Lipinski definition) is 4. The van der Waals surface area contributed by atoms with Gasteiger partial charge in [0.05, 0.1) is 19.8 Å². The zero-order chi connectivity index (χ0) is 28.3. The van der Waals surface area contributed by atoms with E-state index in [-0.39, 0.29) is 30.4 Å². The molecule has 224 valence electrons. The molecule has 0 unspecified atom stereocenters. The Labute approximate surface area is 237 Å². The molecule has 0 aromatic carbocycles. The maximum Gasteiger partial charge on any atom is 0.186 e. The van der Waals surface area contributed by atoms with Crippen molar-refractivity contribution < 1.29 is 20.1 Å². The van der Waals surface area contributed by atoms with Gasteiger partial charge in [-0.05, 0) is 24.7 Å². The van der Waals surface area contributed by atoms with Crippen molar-refractivity contribution in [1.29, 1.82) is 0 Å². The molecule has 0 bridgehead atoms. The van der Waals surface area contributed by atoms with Crippen LogP contribution >= 0.6 is 12.6 Å². The summed E-state index contributed by atoms with van der Waals surface area (Å²) >= 11 is 4.23. The minimum absolute atomic E-state index is 0.118. The van der Waals surface area contributed by atoms with Crippen molar-refractivity contribution in [2.75, 3.05) is 19.8 Å². The third kappa shape index (κ3) is 24.7. The largest absolute Gasteiger partial charge is 0.396 e. The molecule has 3 N–H and O–H groups in total. The summed E-state index contributed by atoms with van der Waals surface area (Å²) in [5, 5.41) is 25.5. The Hall–Kier alpha value is -0.100. The van der Waals surface area contributed by atoms with E-state index in [1.807, 2.05) is 0 Å². The van der Waals surface area contributed by atoms with Crippen LogP contribution in [-0.4, -0.2) is 40.3 Å². The number of aliphatic hydroxyl groups excluding tert-OH is 3. The van der Waals surface area contributed by atoms with Gasteiger partial charge < -0.3 is 15.3 Å². The fraction of sp³-hybridized carbons (Fsp3) is 0.969. The molecule has 0 aliphatic rings. The van der Waals surface area contributed by atoms with Crippen LogP contribution in [0.25, 0.3) is 0 Å². The van der Waals surface area contributed by atoms with Crippen LogP contribution in [0.1, 0.15) is 169 Å². The maximum absolute atomic E-state index is 12.0. The van der Waals surface area contributed by atoms with E-state index in [9.17, 15) is 4.79 Å². The summed E-state index contributed by atoms with van der Waals surface area (Å²) in [7, 11) is 0. The molecule has 0 aliphatic carbocycles. The summed E-state index contributed by atoms with van der Waals surface area (Å²) in [6.07, 6.45) is 28.7. The summed E-state index contributed by atoms with van der Waals surface area (Å²) < 4.78 is 0. The van der Waals surface area contributed by atoms with Crippen LogP contribution < -0.4 is 0 Å². The van der Waals surface area contributed by atoms with Crippen molar-refractivity contribution in [2.24, 2.45) is 10.8 Å². The molecule has 0 aromatic heterocycles. The quantitative estimate of drug-likeness (QED) is 0.0644. The average molecular weight is 547 g/mol. The van der Waals surface area contributed by atoms with E-state index in [4.69, 9.17) is 15.3 Å². The summed E-state index contributed by atoms with van der Waals surface area (Å²) in [4.78, 5) is 12.0. The van der Waals surface area contributed by atoms with Crippen LogP contribution in [0.2, 0.25) is 0 Å². The standard InChI is InChI=1S/C27H54OS.C5H12O3/c1-4-7-10-13-16-19-22-27(25-26(28)29,23-20-17-14-11-8-5-2)24-21-18-15-12-9-6-3;1-5(2-6,3-7)4-8/h4-25H2,1-3H3,(H,28,29);6-8H,2-4H2,1H3. The maximum atomic E-state index is 12.0. The second kappa shape index (κ2) is 27.5. The topological polar surface area (TPSA) is 77.8 Å². The SMILES string of the molecule is CC(CO)(CO)CO.CCCCCCCCC(CCCCCCCC)(CCCCCCCC)CC(=O)S. The van der Waals surface area contributed by atoms with Crippen LogP contribution in [0.5, 0.6) is 0 Å². The Bertz CT molecular complexity index is 430. The van der Waals surface area contributed by atoms with E-state index < -0.39 is 5.41 Å². The first-order chi connectivity index (χ1) is 17.8. The zero-order valence-electron chi connectivity index (χ0n) is 25.4.